The second-order valence-electron chi connectivity index (χ2n) is 9.18. The highest BCUT2D eigenvalue weighted by molar-refractivity contribution is 6.00. The summed E-state index contributed by atoms with van der Waals surface area (Å²) in [6.45, 7) is 0.458. The maximum absolute atomic E-state index is 13.5. The fraction of sp³-hybridized carbons (Fsp3) is 0.0323. The van der Waals surface area contributed by atoms with Gasteiger partial charge in [-0.15, -0.1) is 0 Å². The van der Waals surface area contributed by atoms with Crippen LogP contribution in [0, 0.1) is 5.82 Å². The number of rotatable bonds is 6. The number of nitrogens with zero attached hydrogens (tertiary/aromatic N) is 4. The summed E-state index contributed by atoms with van der Waals surface area (Å²) < 4.78 is 19.5. The molecule has 0 aliphatic rings. The van der Waals surface area contributed by atoms with E-state index < -0.39 is 0 Å². The maximum atomic E-state index is 13.5. The highest BCUT2D eigenvalue weighted by atomic mass is 19.1. The van der Waals surface area contributed by atoms with E-state index in [1.165, 1.54) is 12.1 Å². The third kappa shape index (κ3) is 4.38. The molecular formula is C31H21FN6O. The molecule has 2 N–H and O–H groups in total. The predicted molar refractivity (Wildman–Crippen MR) is 148 cm³/mol. The Bertz CT molecular complexity index is 1930. The minimum absolute atomic E-state index is 0.281. The van der Waals surface area contributed by atoms with E-state index in [0.29, 0.717) is 12.4 Å². The number of hydrogen-bond donors (Lipinski definition) is 2. The van der Waals surface area contributed by atoms with Crippen LogP contribution in [0.25, 0.3) is 55.7 Å². The molecule has 7 nitrogen and oxygen atoms in total. The molecule has 0 unspecified atom stereocenters. The Morgan fingerprint density at radius 3 is 2.46 bits per heavy atom. The highest BCUT2D eigenvalue weighted by Gasteiger charge is 2.16. The van der Waals surface area contributed by atoms with Crippen molar-refractivity contribution in [3.8, 4) is 39.7 Å². The molecule has 7 rings (SSSR count). The van der Waals surface area contributed by atoms with Crippen LogP contribution in [0.5, 0.6) is 5.75 Å². The van der Waals surface area contributed by atoms with Crippen molar-refractivity contribution >= 4 is 21.8 Å². The number of hydrogen-bond acceptors (Lipinski definition) is 5. The third-order valence-electron chi connectivity index (χ3n) is 6.63. The van der Waals surface area contributed by atoms with Crippen LogP contribution in [0.1, 0.15) is 5.56 Å². The quantitative estimate of drug-likeness (QED) is 0.252. The Morgan fingerprint density at radius 1 is 0.744 bits per heavy atom. The average molecular weight is 513 g/mol. The number of benzene rings is 2. The first-order chi connectivity index (χ1) is 19.2. The summed E-state index contributed by atoms with van der Waals surface area (Å²) in [5, 5.41) is 9.51. The van der Waals surface area contributed by atoms with Gasteiger partial charge < -0.3 is 9.72 Å². The van der Waals surface area contributed by atoms with Crippen molar-refractivity contribution in [3.63, 3.8) is 0 Å². The van der Waals surface area contributed by atoms with Crippen LogP contribution in [-0.2, 0) is 6.61 Å². The number of H-pyrrole nitrogens is 2. The molecule has 8 heteroatoms. The fourth-order valence-corrected chi connectivity index (χ4v) is 4.68. The second kappa shape index (κ2) is 9.50. The molecule has 2 aromatic carbocycles. The van der Waals surface area contributed by atoms with Gasteiger partial charge in [-0.25, -0.2) is 4.39 Å². The van der Waals surface area contributed by atoms with Crippen LogP contribution in [0.15, 0.2) is 104 Å². The molecule has 0 spiro atoms. The number of pyridine rings is 3. The molecule has 0 saturated carbocycles. The smallest absolute Gasteiger partial charge is 0.138 e. The van der Waals surface area contributed by atoms with Gasteiger partial charge in [0.15, 0.2) is 0 Å². The van der Waals surface area contributed by atoms with E-state index in [4.69, 9.17) is 4.74 Å². The zero-order valence-corrected chi connectivity index (χ0v) is 20.6. The summed E-state index contributed by atoms with van der Waals surface area (Å²) in [5.74, 6) is 0.388. The summed E-state index contributed by atoms with van der Waals surface area (Å²) in [6.07, 6.45) is 6.98. The SMILES string of the molecule is Fc1ccc(-c2nccc3[nH]c(-c4n[nH]c5cnc(-c6cncc(OCc7ccccc7)c6)cc45)cc23)cc1. The summed E-state index contributed by atoms with van der Waals surface area (Å²) in [4.78, 5) is 17.0. The monoisotopic (exact) mass is 512 g/mol. The van der Waals surface area contributed by atoms with E-state index in [0.717, 1.165) is 61.3 Å². The number of aromatic amines is 2. The third-order valence-corrected chi connectivity index (χ3v) is 6.63. The van der Waals surface area contributed by atoms with Gasteiger partial charge in [-0.3, -0.25) is 20.1 Å². The summed E-state index contributed by atoms with van der Waals surface area (Å²) in [5.41, 5.74) is 7.62. The molecule has 0 bridgehead atoms. The summed E-state index contributed by atoms with van der Waals surface area (Å²) >= 11 is 0. The highest BCUT2D eigenvalue weighted by Crippen LogP contribution is 2.34. The summed E-state index contributed by atoms with van der Waals surface area (Å²) in [7, 11) is 0. The predicted octanol–water partition coefficient (Wildman–Crippen LogP) is 6.95. The lowest BCUT2D eigenvalue weighted by atomic mass is 10.1. The number of nitrogens with one attached hydrogen (secondary N) is 2. The topological polar surface area (TPSA) is 92.4 Å². The molecule has 0 aliphatic heterocycles. The van der Waals surface area contributed by atoms with Crippen LogP contribution in [0.4, 0.5) is 4.39 Å². The molecule has 0 atom stereocenters. The number of aromatic nitrogens is 6. The zero-order valence-electron chi connectivity index (χ0n) is 20.6. The second-order valence-corrected chi connectivity index (χ2v) is 9.18. The normalized spacial score (nSPS) is 11.3. The Balaban J connectivity index is 1.24. The van der Waals surface area contributed by atoms with Gasteiger partial charge in [0.25, 0.3) is 0 Å². The van der Waals surface area contributed by atoms with Gasteiger partial charge in [0.05, 0.1) is 35.0 Å². The van der Waals surface area contributed by atoms with Crippen molar-refractivity contribution in [2.45, 2.75) is 6.61 Å². The average Bonchev–Trinajstić information content (AvgIpc) is 3.61. The Hall–Kier alpha value is -5.37. The largest absolute Gasteiger partial charge is 0.487 e. The van der Waals surface area contributed by atoms with Gasteiger partial charge in [0.2, 0.25) is 0 Å². The molecule has 5 heterocycles. The first kappa shape index (κ1) is 22.8. The molecular weight excluding hydrogens is 491 g/mol. The maximum Gasteiger partial charge on any atom is 0.138 e. The number of fused-ring (bicyclic) bond motifs is 2. The van der Waals surface area contributed by atoms with Crippen molar-refractivity contribution in [1.82, 2.24) is 30.1 Å². The molecule has 188 valence electrons. The molecule has 7 aromatic rings. The van der Waals surface area contributed by atoms with Crippen molar-refractivity contribution in [3.05, 3.63) is 115 Å². The van der Waals surface area contributed by atoms with Gasteiger partial charge in [-0.2, -0.15) is 5.10 Å². The van der Waals surface area contributed by atoms with E-state index in [1.807, 2.05) is 54.6 Å². The standard InChI is InChI=1S/C31H21FN6O/c32-22-8-6-20(7-9-22)30-24-14-28(36-26(24)10-11-34-30)31-25-13-27(35-17-29(25)37-38-31)21-12-23(16-33-15-21)39-18-19-4-2-1-3-5-19/h1-17,36H,18H2,(H,37,38). The number of halogens is 1. The van der Waals surface area contributed by atoms with Crippen LogP contribution >= 0.6 is 0 Å². The van der Waals surface area contributed by atoms with E-state index in [1.54, 1.807) is 36.9 Å². The van der Waals surface area contributed by atoms with Crippen LogP contribution in [0.2, 0.25) is 0 Å². The van der Waals surface area contributed by atoms with Crippen molar-refractivity contribution in [1.29, 1.82) is 0 Å². The van der Waals surface area contributed by atoms with E-state index >= 15 is 0 Å². The minimum Gasteiger partial charge on any atom is -0.487 e. The van der Waals surface area contributed by atoms with Crippen molar-refractivity contribution in [2.24, 2.45) is 0 Å². The van der Waals surface area contributed by atoms with E-state index in [2.05, 4.69) is 30.1 Å². The molecule has 39 heavy (non-hydrogen) atoms. The van der Waals surface area contributed by atoms with Gasteiger partial charge in [0, 0.05) is 39.8 Å². The van der Waals surface area contributed by atoms with Gasteiger partial charge in [-0.05, 0) is 54.1 Å². The van der Waals surface area contributed by atoms with Crippen molar-refractivity contribution in [2.75, 3.05) is 0 Å². The lowest BCUT2D eigenvalue weighted by molar-refractivity contribution is 0.305. The zero-order chi connectivity index (χ0) is 26.2. The van der Waals surface area contributed by atoms with E-state index in [9.17, 15) is 4.39 Å². The lowest BCUT2D eigenvalue weighted by Crippen LogP contribution is -1.96. The Labute approximate surface area is 222 Å². The van der Waals surface area contributed by atoms with Crippen molar-refractivity contribution < 1.29 is 9.13 Å². The van der Waals surface area contributed by atoms with Crippen LogP contribution < -0.4 is 4.74 Å². The molecule has 5 aromatic heterocycles. The lowest BCUT2D eigenvalue weighted by Gasteiger charge is -2.08. The Kier molecular flexibility index (Phi) is 5.55. The van der Waals surface area contributed by atoms with Crippen LogP contribution in [0.3, 0.4) is 0 Å². The van der Waals surface area contributed by atoms with E-state index in [-0.39, 0.29) is 5.82 Å². The molecule has 0 fully saturated rings. The first-order valence-electron chi connectivity index (χ1n) is 12.4. The Morgan fingerprint density at radius 2 is 1.59 bits per heavy atom. The van der Waals surface area contributed by atoms with Gasteiger partial charge in [-0.1, -0.05) is 30.3 Å². The molecule has 0 aliphatic carbocycles. The van der Waals surface area contributed by atoms with Gasteiger partial charge >= 0.3 is 0 Å². The number of ether oxygens (including phenoxy) is 1. The van der Waals surface area contributed by atoms with Crippen LogP contribution in [-0.4, -0.2) is 30.1 Å². The van der Waals surface area contributed by atoms with Gasteiger partial charge in [0.1, 0.15) is 23.9 Å². The molecule has 0 radical (unpaired) electrons. The minimum atomic E-state index is -0.281. The molecule has 0 saturated heterocycles. The fourth-order valence-electron chi connectivity index (χ4n) is 4.68. The first-order valence-corrected chi connectivity index (χ1v) is 12.4. The molecule has 0 amide bonds. The summed E-state index contributed by atoms with van der Waals surface area (Å²) in [6, 6.07) is 24.2.